The average Bonchev–Trinajstić information content (AvgIpc) is 2.39. The fourth-order valence-electron chi connectivity index (χ4n) is 2.79. The molecular formula is C14H18O3. The minimum Gasteiger partial charge on any atom is -0.486 e. The molecule has 1 saturated carbocycles. The van der Waals surface area contributed by atoms with Gasteiger partial charge in [-0.3, -0.25) is 0 Å². The van der Waals surface area contributed by atoms with Crippen LogP contribution in [-0.4, -0.2) is 24.4 Å². The predicted octanol–water partition coefficient (Wildman–Crippen LogP) is 2.48. The van der Waals surface area contributed by atoms with Crippen molar-refractivity contribution in [2.45, 2.75) is 37.7 Å². The molecule has 1 N–H and O–H groups in total. The van der Waals surface area contributed by atoms with Crippen molar-refractivity contribution in [3.63, 3.8) is 0 Å². The Hall–Kier alpha value is -1.22. The number of benzene rings is 1. The molecule has 2 aliphatic rings. The highest BCUT2D eigenvalue weighted by Gasteiger charge is 2.25. The van der Waals surface area contributed by atoms with E-state index in [2.05, 4.69) is 6.07 Å². The fraction of sp³-hybridized carbons (Fsp3) is 0.571. The van der Waals surface area contributed by atoms with Gasteiger partial charge in [-0.25, -0.2) is 0 Å². The second-order valence-corrected chi connectivity index (χ2v) is 4.86. The van der Waals surface area contributed by atoms with Crippen molar-refractivity contribution in [2.75, 3.05) is 13.2 Å². The molecule has 2 unspecified atom stereocenters. The van der Waals surface area contributed by atoms with Crippen molar-refractivity contribution >= 4 is 0 Å². The SMILES string of the molecule is OC1CCCCC1c1ccc2c(c1)OCCO2. The third-order valence-electron chi connectivity index (χ3n) is 3.72. The van der Waals surface area contributed by atoms with Crippen molar-refractivity contribution in [2.24, 2.45) is 0 Å². The number of hydrogen-bond donors (Lipinski definition) is 1. The van der Waals surface area contributed by atoms with Crippen LogP contribution >= 0.6 is 0 Å². The molecule has 0 amide bonds. The van der Waals surface area contributed by atoms with E-state index in [1.54, 1.807) is 0 Å². The van der Waals surface area contributed by atoms with Gasteiger partial charge in [-0.05, 0) is 30.5 Å². The van der Waals surface area contributed by atoms with E-state index in [0.29, 0.717) is 13.2 Å². The Labute approximate surface area is 101 Å². The van der Waals surface area contributed by atoms with Gasteiger partial charge in [0.2, 0.25) is 0 Å². The van der Waals surface area contributed by atoms with Gasteiger partial charge in [-0.15, -0.1) is 0 Å². The van der Waals surface area contributed by atoms with Gasteiger partial charge in [0, 0.05) is 5.92 Å². The first kappa shape index (κ1) is 10.9. The van der Waals surface area contributed by atoms with E-state index in [9.17, 15) is 5.11 Å². The zero-order chi connectivity index (χ0) is 11.7. The fourth-order valence-corrected chi connectivity index (χ4v) is 2.79. The van der Waals surface area contributed by atoms with E-state index in [1.807, 2.05) is 12.1 Å². The third kappa shape index (κ3) is 2.12. The smallest absolute Gasteiger partial charge is 0.161 e. The summed E-state index contributed by atoms with van der Waals surface area (Å²) in [6, 6.07) is 6.06. The van der Waals surface area contributed by atoms with Crippen molar-refractivity contribution in [1.82, 2.24) is 0 Å². The molecule has 0 aromatic heterocycles. The van der Waals surface area contributed by atoms with Crippen LogP contribution in [0.1, 0.15) is 37.2 Å². The summed E-state index contributed by atoms with van der Waals surface area (Å²) >= 11 is 0. The van der Waals surface area contributed by atoms with Gasteiger partial charge in [-0.2, -0.15) is 0 Å². The lowest BCUT2D eigenvalue weighted by Crippen LogP contribution is -2.23. The lowest BCUT2D eigenvalue weighted by atomic mass is 9.81. The first-order chi connectivity index (χ1) is 8.34. The monoisotopic (exact) mass is 234 g/mol. The highest BCUT2D eigenvalue weighted by atomic mass is 16.6. The molecule has 17 heavy (non-hydrogen) atoms. The van der Waals surface area contributed by atoms with E-state index < -0.39 is 0 Å². The van der Waals surface area contributed by atoms with Crippen LogP contribution in [0.3, 0.4) is 0 Å². The molecule has 0 saturated heterocycles. The first-order valence-corrected chi connectivity index (χ1v) is 6.42. The zero-order valence-electron chi connectivity index (χ0n) is 9.89. The highest BCUT2D eigenvalue weighted by molar-refractivity contribution is 5.45. The molecule has 1 aliphatic carbocycles. The molecule has 1 aromatic rings. The van der Waals surface area contributed by atoms with Gasteiger partial charge < -0.3 is 14.6 Å². The molecule has 1 heterocycles. The largest absolute Gasteiger partial charge is 0.486 e. The molecule has 0 bridgehead atoms. The summed E-state index contributed by atoms with van der Waals surface area (Å²) in [7, 11) is 0. The van der Waals surface area contributed by atoms with Crippen LogP contribution in [0.15, 0.2) is 18.2 Å². The number of aliphatic hydroxyl groups is 1. The zero-order valence-corrected chi connectivity index (χ0v) is 9.89. The van der Waals surface area contributed by atoms with Gasteiger partial charge in [0.1, 0.15) is 13.2 Å². The summed E-state index contributed by atoms with van der Waals surface area (Å²) in [5.41, 5.74) is 1.18. The van der Waals surface area contributed by atoms with Gasteiger partial charge in [0.05, 0.1) is 6.10 Å². The summed E-state index contributed by atoms with van der Waals surface area (Å²) in [6.07, 6.45) is 4.13. The van der Waals surface area contributed by atoms with Gasteiger partial charge in [0.15, 0.2) is 11.5 Å². The maximum Gasteiger partial charge on any atom is 0.161 e. The van der Waals surface area contributed by atoms with Gasteiger partial charge >= 0.3 is 0 Å². The number of ether oxygens (including phenoxy) is 2. The molecule has 3 heteroatoms. The van der Waals surface area contributed by atoms with Crippen molar-refractivity contribution < 1.29 is 14.6 Å². The van der Waals surface area contributed by atoms with Gasteiger partial charge in [-0.1, -0.05) is 18.9 Å². The molecular weight excluding hydrogens is 216 g/mol. The van der Waals surface area contributed by atoms with E-state index in [1.165, 1.54) is 12.0 Å². The lowest BCUT2D eigenvalue weighted by molar-refractivity contribution is 0.106. The second-order valence-electron chi connectivity index (χ2n) is 4.86. The number of fused-ring (bicyclic) bond motifs is 1. The van der Waals surface area contributed by atoms with Crippen molar-refractivity contribution in [3.8, 4) is 11.5 Å². The Morgan fingerprint density at radius 1 is 1.00 bits per heavy atom. The molecule has 1 aliphatic heterocycles. The predicted molar refractivity (Wildman–Crippen MR) is 64.6 cm³/mol. The minimum absolute atomic E-state index is 0.202. The standard InChI is InChI=1S/C14H18O3/c15-12-4-2-1-3-11(12)10-5-6-13-14(9-10)17-8-7-16-13/h5-6,9,11-12,15H,1-4,7-8H2. The van der Waals surface area contributed by atoms with Gasteiger partial charge in [0.25, 0.3) is 0 Å². The van der Waals surface area contributed by atoms with Crippen LogP contribution in [0.5, 0.6) is 11.5 Å². The van der Waals surface area contributed by atoms with Crippen molar-refractivity contribution in [3.05, 3.63) is 23.8 Å². The Morgan fingerprint density at radius 2 is 1.76 bits per heavy atom. The van der Waals surface area contributed by atoms with Crippen LogP contribution in [-0.2, 0) is 0 Å². The summed E-state index contributed by atoms with van der Waals surface area (Å²) in [6.45, 7) is 1.24. The molecule has 1 aromatic carbocycles. The van der Waals surface area contributed by atoms with Crippen LogP contribution in [0, 0.1) is 0 Å². The normalized spacial score (nSPS) is 27.8. The average molecular weight is 234 g/mol. The lowest BCUT2D eigenvalue weighted by Gasteiger charge is -2.29. The van der Waals surface area contributed by atoms with E-state index in [-0.39, 0.29) is 12.0 Å². The summed E-state index contributed by atoms with van der Waals surface area (Å²) in [4.78, 5) is 0. The highest BCUT2D eigenvalue weighted by Crippen LogP contribution is 2.38. The summed E-state index contributed by atoms with van der Waals surface area (Å²) in [5.74, 6) is 1.91. The molecule has 2 atom stereocenters. The van der Waals surface area contributed by atoms with Crippen LogP contribution < -0.4 is 9.47 Å². The topological polar surface area (TPSA) is 38.7 Å². The molecule has 3 rings (SSSR count). The maximum absolute atomic E-state index is 10.1. The van der Waals surface area contributed by atoms with Crippen LogP contribution in [0.25, 0.3) is 0 Å². The number of rotatable bonds is 1. The van der Waals surface area contributed by atoms with E-state index in [4.69, 9.17) is 9.47 Å². The molecule has 92 valence electrons. The number of hydrogen-bond acceptors (Lipinski definition) is 3. The molecule has 3 nitrogen and oxygen atoms in total. The molecule has 0 spiro atoms. The van der Waals surface area contributed by atoms with E-state index >= 15 is 0 Å². The summed E-state index contributed by atoms with van der Waals surface area (Å²) in [5, 5.41) is 10.1. The Kier molecular flexibility index (Phi) is 2.93. The summed E-state index contributed by atoms with van der Waals surface area (Å²) < 4.78 is 11.1. The molecule has 1 fully saturated rings. The Bertz CT molecular complexity index is 402. The number of aliphatic hydroxyl groups excluding tert-OH is 1. The first-order valence-electron chi connectivity index (χ1n) is 6.42. The maximum atomic E-state index is 10.1. The second kappa shape index (κ2) is 4.57. The third-order valence-corrected chi connectivity index (χ3v) is 3.72. The minimum atomic E-state index is -0.202. The Morgan fingerprint density at radius 3 is 2.59 bits per heavy atom. The van der Waals surface area contributed by atoms with E-state index in [0.717, 1.165) is 30.8 Å². The van der Waals surface area contributed by atoms with Crippen molar-refractivity contribution in [1.29, 1.82) is 0 Å². The molecule has 0 radical (unpaired) electrons. The quantitative estimate of drug-likeness (QED) is 0.811. The van der Waals surface area contributed by atoms with Crippen LogP contribution in [0.2, 0.25) is 0 Å². The van der Waals surface area contributed by atoms with Crippen LogP contribution in [0.4, 0.5) is 0 Å². The Balaban J connectivity index is 1.87.